The summed E-state index contributed by atoms with van der Waals surface area (Å²) in [5.41, 5.74) is 3.00. The lowest BCUT2D eigenvalue weighted by Crippen LogP contribution is -2.62. The summed E-state index contributed by atoms with van der Waals surface area (Å²) in [6.07, 6.45) is -0.107. The molecule has 1 aromatic rings. The molecule has 0 bridgehead atoms. The molecular formula is C14H13N3O4. The van der Waals surface area contributed by atoms with Crippen LogP contribution in [0.15, 0.2) is 18.1 Å². The predicted octanol–water partition coefficient (Wildman–Crippen LogP) is 0.0601. The molecule has 2 aliphatic rings. The summed E-state index contributed by atoms with van der Waals surface area (Å²) < 4.78 is 23.2. The van der Waals surface area contributed by atoms with Crippen molar-refractivity contribution in [2.24, 2.45) is 0 Å². The van der Waals surface area contributed by atoms with Crippen LogP contribution >= 0.6 is 0 Å². The highest BCUT2D eigenvalue weighted by Gasteiger charge is 2.53. The molecule has 0 aliphatic carbocycles. The summed E-state index contributed by atoms with van der Waals surface area (Å²) in [6.45, 7) is 1.35. The third-order valence-corrected chi connectivity index (χ3v) is 3.81. The Bertz CT molecular complexity index is 807. The minimum atomic E-state index is -1.61. The monoisotopic (exact) mass is 290 g/mol. The fraction of sp³-hybridized carbons (Fsp3) is 0.286. The highest BCUT2D eigenvalue weighted by Crippen LogP contribution is 2.35. The number of carbonyl (C=O) groups is 4. The first-order valence-electron chi connectivity index (χ1n) is 7.73. The van der Waals surface area contributed by atoms with Gasteiger partial charge in [-0.15, -0.1) is 0 Å². The molecule has 1 saturated heterocycles. The van der Waals surface area contributed by atoms with Gasteiger partial charge in [-0.25, -0.2) is 0 Å². The zero-order valence-electron chi connectivity index (χ0n) is 14.1. The number of carbonyl (C=O) groups excluding carboxylic acids is 4. The summed E-state index contributed by atoms with van der Waals surface area (Å²) in [5.74, 6) is -3.12. The van der Waals surface area contributed by atoms with Gasteiger partial charge in [0.15, 0.2) is 0 Å². The third-order valence-electron chi connectivity index (χ3n) is 3.81. The van der Waals surface area contributed by atoms with E-state index in [1.807, 2.05) is 0 Å². The number of imide groups is 2. The maximum Gasteiger partial charge on any atom is 0.264 e. The zero-order valence-corrected chi connectivity index (χ0v) is 11.1. The molecule has 1 unspecified atom stereocenters. The van der Waals surface area contributed by atoms with Crippen LogP contribution in [-0.2, 0) is 9.59 Å². The van der Waals surface area contributed by atoms with Crippen LogP contribution < -0.4 is 11.1 Å². The smallest absolute Gasteiger partial charge is 0.264 e. The van der Waals surface area contributed by atoms with Crippen LogP contribution in [0.1, 0.15) is 44.6 Å². The van der Waals surface area contributed by atoms with Crippen LogP contribution in [-0.4, -0.2) is 34.1 Å². The van der Waals surface area contributed by atoms with Crippen molar-refractivity contribution in [3.05, 3.63) is 29.3 Å². The molecular weight excluding hydrogens is 274 g/mol. The number of fused-ring (bicyclic) bond motifs is 1. The molecule has 0 saturated carbocycles. The number of nitrogen functional groups attached to an aromatic ring is 1. The Morgan fingerprint density at radius 2 is 2.00 bits per heavy atom. The van der Waals surface area contributed by atoms with Crippen LogP contribution in [0.25, 0.3) is 0 Å². The van der Waals surface area contributed by atoms with Crippen LogP contribution in [0.2, 0.25) is 0 Å². The van der Waals surface area contributed by atoms with Crippen molar-refractivity contribution in [2.45, 2.75) is 25.3 Å². The molecule has 3 N–H and O–H groups in total. The van der Waals surface area contributed by atoms with Crippen molar-refractivity contribution >= 4 is 29.3 Å². The lowest BCUT2D eigenvalue weighted by Gasteiger charge is -2.38. The maximum absolute atomic E-state index is 12.7. The average Bonchev–Trinajstić information content (AvgIpc) is 2.79. The van der Waals surface area contributed by atoms with Crippen molar-refractivity contribution < 1.29 is 23.3 Å². The van der Waals surface area contributed by atoms with Crippen LogP contribution in [0.5, 0.6) is 0 Å². The molecule has 0 aromatic heterocycles. The van der Waals surface area contributed by atoms with Crippen molar-refractivity contribution in [3.63, 3.8) is 0 Å². The highest BCUT2D eigenvalue weighted by molar-refractivity contribution is 6.26. The van der Waals surface area contributed by atoms with E-state index in [9.17, 15) is 19.2 Å². The van der Waals surface area contributed by atoms with Crippen molar-refractivity contribution in [1.29, 1.82) is 0 Å². The van der Waals surface area contributed by atoms with E-state index in [0.717, 1.165) is 0 Å². The summed E-state index contributed by atoms with van der Waals surface area (Å²) >= 11 is 0. The van der Waals surface area contributed by atoms with Crippen LogP contribution in [0.4, 0.5) is 5.69 Å². The molecule has 3 rings (SSSR count). The Balaban J connectivity index is 2.18. The van der Waals surface area contributed by atoms with Gasteiger partial charge in [-0.05, 0) is 25.4 Å². The lowest BCUT2D eigenvalue weighted by atomic mass is 9.89. The molecule has 1 aromatic carbocycles. The van der Waals surface area contributed by atoms with E-state index in [-0.39, 0.29) is 29.7 Å². The van der Waals surface area contributed by atoms with E-state index in [2.05, 4.69) is 5.32 Å². The molecule has 4 amide bonds. The second-order valence-electron chi connectivity index (χ2n) is 5.14. The first kappa shape index (κ1) is 10.1. The Labute approximate surface area is 124 Å². The normalized spacial score (nSPS) is 27.1. The van der Waals surface area contributed by atoms with Gasteiger partial charge < -0.3 is 5.73 Å². The molecule has 1 fully saturated rings. The minimum absolute atomic E-state index is 0.0494. The molecule has 0 spiro atoms. The SMILES string of the molecule is [2H]c1c([2H])c(N)c2c(c1[2H])C(=O)N(C1(C)CCC(=O)NC1=O)C2=O. The molecule has 2 heterocycles. The number of nitrogens with two attached hydrogens (primary N) is 1. The largest absolute Gasteiger partial charge is 0.398 e. The molecule has 21 heavy (non-hydrogen) atoms. The highest BCUT2D eigenvalue weighted by atomic mass is 16.2. The topological polar surface area (TPSA) is 110 Å². The van der Waals surface area contributed by atoms with Gasteiger partial charge in [-0.3, -0.25) is 29.4 Å². The predicted molar refractivity (Wildman–Crippen MR) is 72.1 cm³/mol. The van der Waals surface area contributed by atoms with Crippen molar-refractivity contribution in [3.8, 4) is 0 Å². The van der Waals surface area contributed by atoms with E-state index in [1.165, 1.54) is 6.92 Å². The number of hydrogen-bond acceptors (Lipinski definition) is 5. The van der Waals surface area contributed by atoms with Crippen LogP contribution in [0, 0.1) is 0 Å². The van der Waals surface area contributed by atoms with E-state index >= 15 is 0 Å². The van der Waals surface area contributed by atoms with E-state index in [0.29, 0.717) is 4.90 Å². The number of piperidine rings is 1. The quantitative estimate of drug-likeness (QED) is 0.561. The first-order chi connectivity index (χ1) is 11.1. The summed E-state index contributed by atoms with van der Waals surface area (Å²) in [5, 5.41) is 2.09. The number of rotatable bonds is 1. The number of nitrogens with zero attached hydrogens (tertiary/aromatic N) is 1. The fourth-order valence-electron chi connectivity index (χ4n) is 2.57. The fourth-order valence-corrected chi connectivity index (χ4v) is 2.57. The summed E-state index contributed by atoms with van der Waals surface area (Å²) in [6, 6.07) is -1.67. The van der Waals surface area contributed by atoms with Gasteiger partial charge >= 0.3 is 0 Å². The number of benzene rings is 1. The van der Waals surface area contributed by atoms with Gasteiger partial charge in [0.05, 0.1) is 15.2 Å². The van der Waals surface area contributed by atoms with Gasteiger partial charge in [0.2, 0.25) is 5.91 Å². The molecule has 1 atom stereocenters. The number of nitrogens with one attached hydrogen (secondary N) is 1. The Morgan fingerprint density at radius 3 is 2.67 bits per heavy atom. The van der Waals surface area contributed by atoms with Crippen LogP contribution in [0.3, 0.4) is 0 Å². The summed E-state index contributed by atoms with van der Waals surface area (Å²) in [7, 11) is 0. The second-order valence-corrected chi connectivity index (χ2v) is 5.14. The van der Waals surface area contributed by atoms with E-state index in [4.69, 9.17) is 9.85 Å². The number of hydrogen-bond donors (Lipinski definition) is 2. The Hall–Kier alpha value is -2.70. The Kier molecular flexibility index (Phi) is 1.99. The van der Waals surface area contributed by atoms with Gasteiger partial charge in [0, 0.05) is 12.1 Å². The minimum Gasteiger partial charge on any atom is -0.398 e. The summed E-state index contributed by atoms with van der Waals surface area (Å²) in [4.78, 5) is 49.6. The zero-order chi connectivity index (χ0) is 18.0. The number of amides is 4. The maximum atomic E-state index is 12.7. The number of anilines is 1. The Morgan fingerprint density at radius 1 is 1.29 bits per heavy atom. The van der Waals surface area contributed by atoms with Gasteiger partial charge in [0.25, 0.3) is 17.7 Å². The molecule has 7 nitrogen and oxygen atoms in total. The standard InChI is InChI=1S/C14H13N3O4/c1-14(6-5-9(18)16-13(14)21)17-11(19)7-3-2-4-8(15)10(7)12(17)20/h2-4H,5-6,15H2,1H3,(H,16,18,21)/i2D,3D,4D. The molecule has 0 radical (unpaired) electrons. The second kappa shape index (κ2) is 4.15. The van der Waals surface area contributed by atoms with Gasteiger partial charge in [-0.2, -0.15) is 0 Å². The lowest BCUT2D eigenvalue weighted by molar-refractivity contribution is -0.140. The van der Waals surface area contributed by atoms with E-state index < -0.39 is 47.3 Å². The molecule has 108 valence electrons. The molecule has 7 heteroatoms. The van der Waals surface area contributed by atoms with E-state index in [1.54, 1.807) is 0 Å². The van der Waals surface area contributed by atoms with Gasteiger partial charge in [-0.1, -0.05) is 6.04 Å². The third kappa shape index (κ3) is 1.67. The van der Waals surface area contributed by atoms with Crippen molar-refractivity contribution in [2.75, 3.05) is 5.73 Å². The molecule has 2 aliphatic heterocycles. The van der Waals surface area contributed by atoms with Gasteiger partial charge in [0.1, 0.15) is 5.54 Å². The first-order valence-corrected chi connectivity index (χ1v) is 6.23. The average molecular weight is 290 g/mol. The van der Waals surface area contributed by atoms with Crippen molar-refractivity contribution in [1.82, 2.24) is 10.2 Å².